The normalized spacial score (nSPS) is 20.3. The van der Waals surface area contributed by atoms with Crippen molar-refractivity contribution >= 4 is 17.6 Å². The summed E-state index contributed by atoms with van der Waals surface area (Å²) >= 11 is 0. The minimum Gasteiger partial charge on any atom is -0.352 e. The van der Waals surface area contributed by atoms with E-state index >= 15 is 0 Å². The zero-order valence-electron chi connectivity index (χ0n) is 12.2. The van der Waals surface area contributed by atoms with Gasteiger partial charge in [0, 0.05) is 18.3 Å². The van der Waals surface area contributed by atoms with E-state index in [1.165, 1.54) is 0 Å². The van der Waals surface area contributed by atoms with Gasteiger partial charge in [-0.15, -0.1) is 0 Å². The van der Waals surface area contributed by atoms with Crippen LogP contribution in [0.4, 0.5) is 10.5 Å². The molecule has 6 nitrogen and oxygen atoms in total. The molecule has 2 N–H and O–H groups in total. The summed E-state index contributed by atoms with van der Waals surface area (Å²) in [4.78, 5) is 26.1. The van der Waals surface area contributed by atoms with Gasteiger partial charge in [-0.2, -0.15) is 5.26 Å². The number of hydrogen-bond donors (Lipinski definition) is 2. The van der Waals surface area contributed by atoms with Gasteiger partial charge in [0.05, 0.1) is 11.6 Å². The van der Waals surface area contributed by atoms with Gasteiger partial charge in [0.1, 0.15) is 6.04 Å². The summed E-state index contributed by atoms with van der Waals surface area (Å²) in [6.45, 7) is 0.588. The third-order valence-electron chi connectivity index (χ3n) is 4.01. The van der Waals surface area contributed by atoms with Gasteiger partial charge >= 0.3 is 6.03 Å². The van der Waals surface area contributed by atoms with Crippen molar-refractivity contribution in [2.75, 3.05) is 11.9 Å². The number of urea groups is 1. The quantitative estimate of drug-likeness (QED) is 0.892. The molecular weight excluding hydrogens is 280 g/mol. The predicted molar refractivity (Wildman–Crippen MR) is 81.1 cm³/mol. The molecule has 3 amide bonds. The highest BCUT2D eigenvalue weighted by Crippen LogP contribution is 2.23. The lowest BCUT2D eigenvalue weighted by Crippen LogP contribution is -2.47. The zero-order chi connectivity index (χ0) is 15.5. The van der Waals surface area contributed by atoms with Crippen LogP contribution in [0.3, 0.4) is 0 Å². The molecule has 1 aromatic rings. The summed E-state index contributed by atoms with van der Waals surface area (Å²) in [5, 5.41) is 14.5. The van der Waals surface area contributed by atoms with Crippen LogP contribution in [0.5, 0.6) is 0 Å². The van der Waals surface area contributed by atoms with Gasteiger partial charge in [0.15, 0.2) is 0 Å². The first kappa shape index (κ1) is 14.4. The molecule has 1 atom stereocenters. The molecule has 0 aromatic heterocycles. The number of nitriles is 1. The van der Waals surface area contributed by atoms with Gasteiger partial charge in [-0.1, -0.05) is 0 Å². The summed E-state index contributed by atoms with van der Waals surface area (Å²) in [6.07, 6.45) is 3.62. The number of carbonyl (C=O) groups is 2. The number of likely N-dealkylation sites (tertiary alicyclic amines) is 1. The van der Waals surface area contributed by atoms with Crippen LogP contribution < -0.4 is 10.6 Å². The van der Waals surface area contributed by atoms with E-state index in [0.717, 1.165) is 19.3 Å². The van der Waals surface area contributed by atoms with Gasteiger partial charge < -0.3 is 15.5 Å². The molecule has 2 aliphatic rings. The first-order chi connectivity index (χ1) is 10.7. The number of amides is 3. The fourth-order valence-corrected chi connectivity index (χ4v) is 2.63. The van der Waals surface area contributed by atoms with Crippen LogP contribution in [0, 0.1) is 11.3 Å². The third kappa shape index (κ3) is 3.19. The van der Waals surface area contributed by atoms with Crippen molar-refractivity contribution in [3.63, 3.8) is 0 Å². The van der Waals surface area contributed by atoms with E-state index in [4.69, 9.17) is 5.26 Å². The molecule has 6 heteroatoms. The number of anilines is 1. The second-order valence-electron chi connectivity index (χ2n) is 5.75. The Morgan fingerprint density at radius 1 is 1.18 bits per heavy atom. The van der Waals surface area contributed by atoms with Crippen LogP contribution in [0.15, 0.2) is 24.3 Å². The molecule has 1 saturated carbocycles. The number of hydrogen-bond acceptors (Lipinski definition) is 3. The molecule has 3 rings (SSSR count). The van der Waals surface area contributed by atoms with Crippen molar-refractivity contribution in [1.29, 1.82) is 5.26 Å². The number of nitrogens with one attached hydrogen (secondary N) is 2. The molecule has 1 aromatic carbocycles. The van der Waals surface area contributed by atoms with Crippen LogP contribution in [0.1, 0.15) is 31.2 Å². The first-order valence-electron chi connectivity index (χ1n) is 7.55. The summed E-state index contributed by atoms with van der Waals surface area (Å²) in [5.41, 5.74) is 1.16. The molecule has 22 heavy (non-hydrogen) atoms. The van der Waals surface area contributed by atoms with E-state index in [1.54, 1.807) is 29.2 Å². The lowest BCUT2D eigenvalue weighted by molar-refractivity contribution is -0.124. The largest absolute Gasteiger partial charge is 0.352 e. The molecular formula is C16H18N4O2. The lowest BCUT2D eigenvalue weighted by atomic mass is 10.2. The number of nitrogens with zero attached hydrogens (tertiary/aromatic N) is 2. The molecule has 1 unspecified atom stereocenters. The summed E-state index contributed by atoms with van der Waals surface area (Å²) in [6, 6.07) is 8.37. The molecule has 2 fully saturated rings. The van der Waals surface area contributed by atoms with Crippen LogP contribution in [0.25, 0.3) is 0 Å². The Balaban J connectivity index is 1.62. The molecule has 0 spiro atoms. The molecule has 0 radical (unpaired) electrons. The van der Waals surface area contributed by atoms with E-state index in [9.17, 15) is 9.59 Å². The van der Waals surface area contributed by atoms with Gasteiger partial charge in [0.2, 0.25) is 5.91 Å². The standard InChI is InChI=1S/C16H18N4O2/c17-10-11-3-5-13(6-4-11)19-16(22)20-9-1-2-14(20)15(21)18-12-7-8-12/h3-6,12,14H,1-2,7-9H2,(H,18,21)(H,19,22). The van der Waals surface area contributed by atoms with Gasteiger partial charge in [0.25, 0.3) is 0 Å². The van der Waals surface area contributed by atoms with Crippen LogP contribution in [-0.4, -0.2) is 35.5 Å². The van der Waals surface area contributed by atoms with Gasteiger partial charge in [-0.3, -0.25) is 4.79 Å². The smallest absolute Gasteiger partial charge is 0.322 e. The fraction of sp³-hybridized carbons (Fsp3) is 0.438. The Hall–Kier alpha value is -2.55. The van der Waals surface area contributed by atoms with E-state index in [2.05, 4.69) is 10.6 Å². The summed E-state index contributed by atoms with van der Waals surface area (Å²) < 4.78 is 0. The second kappa shape index (κ2) is 6.06. The zero-order valence-corrected chi connectivity index (χ0v) is 12.2. The average Bonchev–Trinajstić information content (AvgIpc) is 3.19. The Bertz CT molecular complexity index is 616. The Kier molecular flexibility index (Phi) is 3.96. The van der Waals surface area contributed by atoms with Crippen LogP contribution >= 0.6 is 0 Å². The average molecular weight is 298 g/mol. The second-order valence-corrected chi connectivity index (χ2v) is 5.75. The van der Waals surface area contributed by atoms with Crippen molar-refractivity contribution in [2.24, 2.45) is 0 Å². The van der Waals surface area contributed by atoms with E-state index in [0.29, 0.717) is 30.3 Å². The molecule has 1 heterocycles. The summed E-state index contributed by atoms with van der Waals surface area (Å²) in [5.74, 6) is -0.0463. The highest BCUT2D eigenvalue weighted by Gasteiger charge is 2.36. The number of carbonyl (C=O) groups excluding carboxylic acids is 2. The maximum absolute atomic E-state index is 12.4. The number of rotatable bonds is 3. The van der Waals surface area contributed by atoms with Crippen molar-refractivity contribution in [1.82, 2.24) is 10.2 Å². The van der Waals surface area contributed by atoms with Gasteiger partial charge in [-0.25, -0.2) is 4.79 Å². The van der Waals surface area contributed by atoms with Crippen molar-refractivity contribution < 1.29 is 9.59 Å². The van der Waals surface area contributed by atoms with Crippen LogP contribution in [-0.2, 0) is 4.79 Å². The van der Waals surface area contributed by atoms with Crippen molar-refractivity contribution in [2.45, 2.75) is 37.8 Å². The third-order valence-corrected chi connectivity index (χ3v) is 4.01. The Morgan fingerprint density at radius 3 is 2.55 bits per heavy atom. The molecule has 114 valence electrons. The van der Waals surface area contributed by atoms with E-state index < -0.39 is 0 Å². The van der Waals surface area contributed by atoms with Crippen LogP contribution in [0.2, 0.25) is 0 Å². The highest BCUT2D eigenvalue weighted by molar-refractivity contribution is 5.94. The monoisotopic (exact) mass is 298 g/mol. The molecule has 1 aliphatic carbocycles. The first-order valence-corrected chi connectivity index (χ1v) is 7.55. The minimum absolute atomic E-state index is 0.0463. The van der Waals surface area contributed by atoms with E-state index in [1.807, 2.05) is 6.07 Å². The van der Waals surface area contributed by atoms with E-state index in [-0.39, 0.29) is 18.0 Å². The minimum atomic E-state index is -0.376. The number of benzene rings is 1. The SMILES string of the molecule is N#Cc1ccc(NC(=O)N2CCCC2C(=O)NC2CC2)cc1. The van der Waals surface area contributed by atoms with Gasteiger partial charge in [-0.05, 0) is 49.9 Å². The summed E-state index contributed by atoms with van der Waals surface area (Å²) in [7, 11) is 0. The molecule has 1 aliphatic heterocycles. The highest BCUT2D eigenvalue weighted by atomic mass is 16.2. The Morgan fingerprint density at radius 2 is 1.91 bits per heavy atom. The van der Waals surface area contributed by atoms with Crippen molar-refractivity contribution in [3.05, 3.63) is 29.8 Å². The van der Waals surface area contributed by atoms with Crippen molar-refractivity contribution in [3.8, 4) is 6.07 Å². The fourth-order valence-electron chi connectivity index (χ4n) is 2.63. The Labute approximate surface area is 129 Å². The predicted octanol–water partition coefficient (Wildman–Crippen LogP) is 1.83. The maximum atomic E-state index is 12.4. The molecule has 0 bridgehead atoms. The molecule has 1 saturated heterocycles. The topological polar surface area (TPSA) is 85.2 Å². The maximum Gasteiger partial charge on any atom is 0.322 e. The lowest BCUT2D eigenvalue weighted by Gasteiger charge is -2.24.